The molecular weight excluding hydrogens is 455 g/mol. The highest BCUT2D eigenvalue weighted by molar-refractivity contribution is 7.81. The fourth-order valence-electron chi connectivity index (χ4n) is 4.83. The molecule has 0 fully saturated rings. The van der Waals surface area contributed by atoms with E-state index in [0.717, 1.165) is 11.1 Å². The molecular formula is C22H21FN2O7S. The van der Waals surface area contributed by atoms with Gasteiger partial charge in [-0.2, -0.15) is 8.42 Å². The molecule has 2 aromatic heterocycles. The summed E-state index contributed by atoms with van der Waals surface area (Å²) in [6.45, 7) is 3.70. The molecule has 5 rings (SSSR count). The Morgan fingerprint density at radius 1 is 1.30 bits per heavy atom. The van der Waals surface area contributed by atoms with Gasteiger partial charge in [0.2, 0.25) is 0 Å². The Labute approximate surface area is 188 Å². The maximum absolute atomic E-state index is 13.3. The average molecular weight is 476 g/mol. The molecule has 4 heterocycles. The zero-order valence-corrected chi connectivity index (χ0v) is 18.6. The van der Waals surface area contributed by atoms with Crippen molar-refractivity contribution in [3.05, 3.63) is 56.9 Å². The molecule has 9 nitrogen and oxygen atoms in total. The van der Waals surface area contributed by atoms with Crippen molar-refractivity contribution in [2.24, 2.45) is 0 Å². The van der Waals surface area contributed by atoms with Crippen molar-refractivity contribution < 1.29 is 31.4 Å². The Kier molecular flexibility index (Phi) is 4.87. The Morgan fingerprint density at radius 2 is 2.06 bits per heavy atom. The fraction of sp³-hybridized carbons (Fsp3) is 0.364. The number of pyridine rings is 2. The van der Waals surface area contributed by atoms with Crippen molar-refractivity contribution >= 4 is 21.4 Å². The molecule has 1 aromatic carbocycles. The maximum Gasteiger partial charge on any atom is 0.488 e. The number of aliphatic hydroxyl groups is 2. The second kappa shape index (κ2) is 7.32. The lowest BCUT2D eigenvalue weighted by atomic mass is 9.85. The van der Waals surface area contributed by atoms with Gasteiger partial charge in [0.1, 0.15) is 11.4 Å². The summed E-state index contributed by atoms with van der Waals surface area (Å²) in [5.74, 6) is -0.177. The summed E-state index contributed by atoms with van der Waals surface area (Å²) in [4.78, 5) is 18.0. The number of hydrogen-bond acceptors (Lipinski definition) is 8. The third kappa shape index (κ3) is 3.26. The molecule has 0 aliphatic carbocycles. The minimum Gasteiger partial charge on any atom is -0.380 e. The topological polar surface area (TPSA) is 128 Å². The lowest BCUT2D eigenvalue weighted by Crippen LogP contribution is -2.47. The normalized spacial score (nSPS) is 21.5. The summed E-state index contributed by atoms with van der Waals surface area (Å²) in [7, 11) is -5.18. The van der Waals surface area contributed by atoms with Crippen molar-refractivity contribution in [2.45, 2.75) is 51.7 Å². The lowest BCUT2D eigenvalue weighted by molar-refractivity contribution is -0.236. The molecule has 11 heteroatoms. The van der Waals surface area contributed by atoms with E-state index in [9.17, 15) is 27.3 Å². The lowest BCUT2D eigenvalue weighted by Gasteiger charge is -2.37. The van der Waals surface area contributed by atoms with Crippen LogP contribution in [0.15, 0.2) is 29.1 Å². The molecule has 2 aliphatic heterocycles. The second-order valence-electron chi connectivity index (χ2n) is 8.18. The number of rotatable bonds is 4. The zero-order chi connectivity index (χ0) is 23.7. The van der Waals surface area contributed by atoms with Crippen LogP contribution in [-0.4, -0.2) is 34.5 Å². The highest BCUT2D eigenvalue weighted by Crippen LogP contribution is 2.41. The van der Waals surface area contributed by atoms with Crippen molar-refractivity contribution in [1.82, 2.24) is 9.55 Å². The van der Waals surface area contributed by atoms with Gasteiger partial charge in [-0.15, -0.1) is 0 Å². The molecule has 3 aromatic rings. The van der Waals surface area contributed by atoms with Gasteiger partial charge in [0.15, 0.2) is 6.29 Å². The van der Waals surface area contributed by atoms with Gasteiger partial charge in [0.05, 0.1) is 30.1 Å². The molecule has 2 aliphatic rings. The van der Waals surface area contributed by atoms with Gasteiger partial charge in [0, 0.05) is 22.1 Å². The number of halogens is 1. The van der Waals surface area contributed by atoms with E-state index in [1.54, 1.807) is 17.6 Å². The van der Waals surface area contributed by atoms with Crippen LogP contribution < -0.4 is 9.74 Å². The Balaban J connectivity index is 1.75. The predicted octanol–water partition coefficient (Wildman–Crippen LogP) is 2.03. The average Bonchev–Trinajstić information content (AvgIpc) is 3.12. The van der Waals surface area contributed by atoms with E-state index < -0.39 is 22.4 Å². The third-order valence-electron chi connectivity index (χ3n) is 6.48. The molecule has 0 spiro atoms. The summed E-state index contributed by atoms with van der Waals surface area (Å²) in [5.41, 5.74) is 1.73. The summed E-state index contributed by atoms with van der Waals surface area (Å²) in [6, 6.07) is 5.92. The van der Waals surface area contributed by atoms with E-state index in [1.165, 1.54) is 18.2 Å². The quantitative estimate of drug-likeness (QED) is 0.428. The molecule has 0 saturated heterocycles. The highest BCUT2D eigenvalue weighted by Gasteiger charge is 2.44. The second-order valence-corrected chi connectivity index (χ2v) is 9.13. The Hall–Kier alpha value is -2.86. The molecule has 0 radical (unpaired) electrons. The number of fused-ring (bicyclic) bond motifs is 5. The largest absolute Gasteiger partial charge is 0.488 e. The number of aromatic nitrogens is 2. The Morgan fingerprint density at radius 3 is 2.73 bits per heavy atom. The molecule has 1 unspecified atom stereocenters. The van der Waals surface area contributed by atoms with Gasteiger partial charge in [-0.1, -0.05) is 17.7 Å². The molecule has 2 N–H and O–H groups in total. The first-order chi connectivity index (χ1) is 15.6. The molecule has 2 atom stereocenters. The maximum atomic E-state index is 13.3. The van der Waals surface area contributed by atoms with Crippen molar-refractivity contribution in [2.75, 3.05) is 0 Å². The first-order valence-corrected chi connectivity index (χ1v) is 11.8. The standard InChI is InChI=1S/C22H21FN2O7S/c1-3-12-13-7-11(32-33(23,29)30)5-6-17(13)24-19-14(12)9-25-18(19)8-16-15(20(25)26)10-31-21(27)22(16,28)4-2/h5-8,21,27-28H,3-4,9-10H2,1-2H3/t21?,22-/m0/s1. The van der Waals surface area contributed by atoms with Gasteiger partial charge in [-0.3, -0.25) is 4.79 Å². The van der Waals surface area contributed by atoms with Gasteiger partial charge in [-0.25, -0.2) is 4.98 Å². The van der Waals surface area contributed by atoms with Crippen LogP contribution >= 0.6 is 0 Å². The first-order valence-electron chi connectivity index (χ1n) is 10.5. The summed E-state index contributed by atoms with van der Waals surface area (Å²) in [5, 5.41) is 21.9. The van der Waals surface area contributed by atoms with Crippen LogP contribution in [0, 0.1) is 0 Å². The van der Waals surface area contributed by atoms with Gasteiger partial charge >= 0.3 is 10.5 Å². The molecule has 0 saturated carbocycles. The third-order valence-corrected chi connectivity index (χ3v) is 6.87. The van der Waals surface area contributed by atoms with E-state index in [2.05, 4.69) is 4.18 Å². The van der Waals surface area contributed by atoms with Gasteiger partial charge in [0.25, 0.3) is 5.56 Å². The summed E-state index contributed by atoms with van der Waals surface area (Å²) < 4.78 is 46.0. The number of aryl methyl sites for hydroxylation is 1. The predicted molar refractivity (Wildman–Crippen MR) is 116 cm³/mol. The summed E-state index contributed by atoms with van der Waals surface area (Å²) in [6.07, 6.45) is -0.780. The number of hydrogen-bond donors (Lipinski definition) is 2. The van der Waals surface area contributed by atoms with Crippen LogP contribution in [0.25, 0.3) is 22.3 Å². The van der Waals surface area contributed by atoms with Gasteiger partial charge in [-0.05, 0) is 42.7 Å². The van der Waals surface area contributed by atoms with Crippen LogP contribution in [0.4, 0.5) is 3.89 Å². The highest BCUT2D eigenvalue weighted by atomic mass is 32.3. The first kappa shape index (κ1) is 22.0. The number of benzene rings is 1. The number of aliphatic hydroxyl groups excluding tert-OH is 1. The van der Waals surface area contributed by atoms with Crippen molar-refractivity contribution in [3.8, 4) is 17.1 Å². The van der Waals surface area contributed by atoms with Crippen LogP contribution in [-0.2, 0) is 40.4 Å². The van der Waals surface area contributed by atoms with Crippen LogP contribution in [0.3, 0.4) is 0 Å². The van der Waals surface area contributed by atoms with Crippen LogP contribution in [0.2, 0.25) is 0 Å². The van der Waals surface area contributed by atoms with E-state index in [1.807, 2.05) is 6.92 Å². The van der Waals surface area contributed by atoms with E-state index in [4.69, 9.17) is 9.72 Å². The van der Waals surface area contributed by atoms with Crippen molar-refractivity contribution in [3.63, 3.8) is 0 Å². The zero-order valence-electron chi connectivity index (χ0n) is 17.8. The summed E-state index contributed by atoms with van der Waals surface area (Å²) >= 11 is 0. The Bertz CT molecular complexity index is 1480. The van der Waals surface area contributed by atoms with Gasteiger partial charge < -0.3 is 23.7 Å². The minimum atomic E-state index is -5.18. The van der Waals surface area contributed by atoms with Crippen LogP contribution in [0.5, 0.6) is 5.75 Å². The smallest absolute Gasteiger partial charge is 0.380 e. The van der Waals surface area contributed by atoms with E-state index in [-0.39, 0.29) is 36.4 Å². The molecule has 33 heavy (non-hydrogen) atoms. The number of nitrogens with zero attached hydrogens (tertiary/aromatic N) is 2. The molecule has 0 bridgehead atoms. The minimum absolute atomic E-state index is 0.122. The fourth-order valence-corrected chi connectivity index (χ4v) is 5.16. The SMILES string of the molecule is CCc1c2c(nc3ccc(OS(=O)(=O)F)cc13)-c1cc3c(c(=O)n1C2)COC(O)[C@]3(O)CC. The van der Waals surface area contributed by atoms with E-state index in [0.29, 0.717) is 34.3 Å². The molecule has 174 valence electrons. The van der Waals surface area contributed by atoms with Crippen molar-refractivity contribution in [1.29, 1.82) is 0 Å². The molecule has 0 amide bonds. The van der Waals surface area contributed by atoms with E-state index >= 15 is 0 Å². The number of ether oxygens (including phenoxy) is 1. The monoisotopic (exact) mass is 476 g/mol. The van der Waals surface area contributed by atoms with Crippen LogP contribution in [0.1, 0.15) is 42.5 Å².